The van der Waals surface area contributed by atoms with Crippen molar-refractivity contribution in [3.8, 4) is 0 Å². The number of nitrogens with zero attached hydrogens (tertiary/aromatic N) is 2. The maximum Gasteiger partial charge on any atom is 0.288 e. The highest BCUT2D eigenvalue weighted by atomic mass is 16.6. The Morgan fingerprint density at radius 3 is 2.71 bits per heavy atom. The van der Waals surface area contributed by atoms with Crippen LogP contribution in [0.3, 0.4) is 0 Å². The SMILES string of the molecule is CCCC(=O)Cn1cc([N+](=O)[O-])c(C)cc1=O. The molecule has 1 aromatic heterocycles. The van der Waals surface area contributed by atoms with Crippen LogP contribution in [0.5, 0.6) is 0 Å². The molecule has 0 N–H and O–H groups in total. The van der Waals surface area contributed by atoms with Crippen LogP contribution in [0, 0.1) is 17.0 Å². The summed E-state index contributed by atoms with van der Waals surface area (Å²) in [5.41, 5.74) is -0.231. The maximum atomic E-state index is 11.5. The van der Waals surface area contributed by atoms with Crippen molar-refractivity contribution in [2.45, 2.75) is 33.2 Å². The maximum absolute atomic E-state index is 11.5. The lowest BCUT2D eigenvalue weighted by atomic mass is 10.2. The standard InChI is InChI=1S/C11H14N2O4/c1-3-4-9(14)6-12-7-10(13(16)17)8(2)5-11(12)15/h5,7H,3-4,6H2,1-2H3. The van der Waals surface area contributed by atoms with Crippen molar-refractivity contribution in [1.82, 2.24) is 4.57 Å². The Balaban J connectivity index is 3.08. The molecule has 1 heterocycles. The number of nitro groups is 1. The van der Waals surface area contributed by atoms with Gasteiger partial charge < -0.3 is 4.57 Å². The molecule has 0 saturated heterocycles. The fraction of sp³-hybridized carbons (Fsp3) is 0.455. The summed E-state index contributed by atoms with van der Waals surface area (Å²) < 4.78 is 1.09. The van der Waals surface area contributed by atoms with Crippen molar-refractivity contribution >= 4 is 11.5 Å². The second kappa shape index (κ2) is 5.38. The fourth-order valence-electron chi connectivity index (χ4n) is 1.52. The molecule has 0 saturated carbocycles. The van der Waals surface area contributed by atoms with E-state index in [0.717, 1.165) is 10.8 Å². The molecule has 0 aliphatic carbocycles. The monoisotopic (exact) mass is 238 g/mol. The highest BCUT2D eigenvalue weighted by molar-refractivity contribution is 5.78. The molecule has 0 atom stereocenters. The quantitative estimate of drug-likeness (QED) is 0.574. The van der Waals surface area contributed by atoms with Crippen LogP contribution in [0.25, 0.3) is 0 Å². The molecule has 6 nitrogen and oxygen atoms in total. The summed E-state index contributed by atoms with van der Waals surface area (Å²) in [7, 11) is 0. The van der Waals surface area contributed by atoms with Gasteiger partial charge in [-0.15, -0.1) is 0 Å². The van der Waals surface area contributed by atoms with Gasteiger partial charge in [0.25, 0.3) is 11.2 Å². The Labute approximate surface area is 98.0 Å². The number of aromatic nitrogens is 1. The smallest absolute Gasteiger partial charge is 0.288 e. The Morgan fingerprint density at radius 2 is 2.18 bits per heavy atom. The lowest BCUT2D eigenvalue weighted by Crippen LogP contribution is -2.24. The van der Waals surface area contributed by atoms with Crippen LogP contribution in [0.1, 0.15) is 25.3 Å². The first-order chi connectivity index (χ1) is 7.95. The highest BCUT2D eigenvalue weighted by Crippen LogP contribution is 2.14. The molecule has 17 heavy (non-hydrogen) atoms. The van der Waals surface area contributed by atoms with Crippen molar-refractivity contribution in [2.75, 3.05) is 0 Å². The number of hydrogen-bond acceptors (Lipinski definition) is 4. The number of pyridine rings is 1. The second-order valence-corrected chi connectivity index (χ2v) is 3.85. The molecule has 1 aromatic rings. The highest BCUT2D eigenvalue weighted by Gasteiger charge is 2.14. The molecule has 92 valence electrons. The molecule has 0 aliphatic heterocycles. The van der Waals surface area contributed by atoms with E-state index < -0.39 is 10.5 Å². The summed E-state index contributed by atoms with van der Waals surface area (Å²) in [4.78, 5) is 33.1. The summed E-state index contributed by atoms with van der Waals surface area (Å²) in [5, 5.41) is 10.7. The van der Waals surface area contributed by atoms with Crippen molar-refractivity contribution in [2.24, 2.45) is 0 Å². The number of aryl methyl sites for hydroxylation is 1. The number of carbonyl (C=O) groups excluding carboxylic acids is 1. The molecule has 0 aromatic carbocycles. The zero-order valence-corrected chi connectivity index (χ0v) is 9.80. The van der Waals surface area contributed by atoms with E-state index >= 15 is 0 Å². The van der Waals surface area contributed by atoms with E-state index in [9.17, 15) is 19.7 Å². The summed E-state index contributed by atoms with van der Waals surface area (Å²) in [5.74, 6) is -0.104. The van der Waals surface area contributed by atoms with E-state index in [1.165, 1.54) is 13.0 Å². The van der Waals surface area contributed by atoms with Crippen LogP contribution < -0.4 is 5.56 Å². The predicted octanol–water partition coefficient (Wildman–Crippen LogP) is 1.43. The van der Waals surface area contributed by atoms with Gasteiger partial charge >= 0.3 is 0 Å². The largest absolute Gasteiger partial charge is 0.301 e. The molecular formula is C11H14N2O4. The molecule has 0 unspecified atom stereocenters. The van der Waals surface area contributed by atoms with E-state index in [1.807, 2.05) is 6.92 Å². The molecule has 0 radical (unpaired) electrons. The first kappa shape index (κ1) is 13.1. The van der Waals surface area contributed by atoms with E-state index in [1.54, 1.807) is 0 Å². The Bertz CT molecular complexity index is 505. The van der Waals surface area contributed by atoms with Crippen LogP contribution in [-0.4, -0.2) is 15.3 Å². The minimum atomic E-state index is -0.560. The molecule has 0 amide bonds. The molecule has 0 fully saturated rings. The predicted molar refractivity (Wildman–Crippen MR) is 62.0 cm³/mol. The van der Waals surface area contributed by atoms with E-state index in [4.69, 9.17) is 0 Å². The Kier molecular flexibility index (Phi) is 4.14. The van der Waals surface area contributed by atoms with Crippen molar-refractivity contribution in [3.05, 3.63) is 38.3 Å². The van der Waals surface area contributed by atoms with E-state index in [-0.39, 0.29) is 18.0 Å². The molecule has 6 heteroatoms. The summed E-state index contributed by atoms with van der Waals surface area (Å²) in [6.45, 7) is 3.25. The third-order valence-corrected chi connectivity index (χ3v) is 2.38. The lowest BCUT2D eigenvalue weighted by Gasteiger charge is -2.05. The molecule has 0 bridgehead atoms. The van der Waals surface area contributed by atoms with Crippen LogP contribution in [-0.2, 0) is 11.3 Å². The molecule has 1 rings (SSSR count). The van der Waals surface area contributed by atoms with Gasteiger partial charge in [0.15, 0.2) is 5.78 Å². The molecular weight excluding hydrogens is 224 g/mol. The first-order valence-electron chi connectivity index (χ1n) is 5.33. The third-order valence-electron chi connectivity index (χ3n) is 2.38. The average molecular weight is 238 g/mol. The Morgan fingerprint density at radius 1 is 1.53 bits per heavy atom. The van der Waals surface area contributed by atoms with Gasteiger partial charge in [-0.05, 0) is 13.3 Å². The van der Waals surface area contributed by atoms with Gasteiger partial charge in [-0.2, -0.15) is 0 Å². The normalized spacial score (nSPS) is 10.2. The lowest BCUT2D eigenvalue weighted by molar-refractivity contribution is -0.385. The Hall–Kier alpha value is -1.98. The van der Waals surface area contributed by atoms with Gasteiger partial charge in [-0.1, -0.05) is 6.92 Å². The van der Waals surface area contributed by atoms with Gasteiger partial charge in [-0.3, -0.25) is 19.7 Å². The summed E-state index contributed by atoms with van der Waals surface area (Å²) in [6.07, 6.45) is 2.20. The van der Waals surface area contributed by atoms with Crippen LogP contribution in [0.2, 0.25) is 0 Å². The van der Waals surface area contributed by atoms with E-state index in [0.29, 0.717) is 18.4 Å². The number of carbonyl (C=O) groups is 1. The minimum Gasteiger partial charge on any atom is -0.301 e. The zero-order chi connectivity index (χ0) is 13.0. The fourth-order valence-corrected chi connectivity index (χ4v) is 1.52. The third kappa shape index (κ3) is 3.24. The van der Waals surface area contributed by atoms with Crippen molar-refractivity contribution < 1.29 is 9.72 Å². The first-order valence-corrected chi connectivity index (χ1v) is 5.33. The van der Waals surface area contributed by atoms with E-state index in [2.05, 4.69) is 0 Å². The number of rotatable bonds is 5. The van der Waals surface area contributed by atoms with Crippen LogP contribution in [0.4, 0.5) is 5.69 Å². The summed E-state index contributed by atoms with van der Waals surface area (Å²) in [6, 6.07) is 1.18. The van der Waals surface area contributed by atoms with Crippen LogP contribution in [0.15, 0.2) is 17.1 Å². The second-order valence-electron chi connectivity index (χ2n) is 3.85. The summed E-state index contributed by atoms with van der Waals surface area (Å²) >= 11 is 0. The van der Waals surface area contributed by atoms with Gasteiger partial charge in [0.1, 0.15) is 0 Å². The van der Waals surface area contributed by atoms with Gasteiger partial charge in [0, 0.05) is 18.1 Å². The zero-order valence-electron chi connectivity index (χ0n) is 9.80. The number of ketones is 1. The molecule has 0 spiro atoms. The topological polar surface area (TPSA) is 82.2 Å². The number of Topliss-reactive ketones (excluding diaryl/α,β-unsaturated/α-hetero) is 1. The van der Waals surface area contributed by atoms with Gasteiger partial charge in [0.2, 0.25) is 0 Å². The molecule has 0 aliphatic rings. The van der Waals surface area contributed by atoms with Gasteiger partial charge in [0.05, 0.1) is 17.7 Å². The van der Waals surface area contributed by atoms with Crippen LogP contribution >= 0.6 is 0 Å². The average Bonchev–Trinajstić information content (AvgIpc) is 2.21. The van der Waals surface area contributed by atoms with Crippen molar-refractivity contribution in [1.29, 1.82) is 0 Å². The van der Waals surface area contributed by atoms with Gasteiger partial charge in [-0.25, -0.2) is 0 Å². The van der Waals surface area contributed by atoms with Crippen molar-refractivity contribution in [3.63, 3.8) is 0 Å². The number of hydrogen-bond donors (Lipinski definition) is 0. The minimum absolute atomic E-state index is 0.103.